The third kappa shape index (κ3) is 6.42. The first kappa shape index (κ1) is 19.2. The van der Waals surface area contributed by atoms with Crippen LogP contribution in [-0.2, 0) is 9.47 Å². The zero-order valence-corrected chi connectivity index (χ0v) is 15.7. The molecule has 4 atom stereocenters. The van der Waals surface area contributed by atoms with Crippen molar-refractivity contribution in [2.24, 2.45) is 0 Å². The summed E-state index contributed by atoms with van der Waals surface area (Å²) in [5.74, 6) is 1.53. The largest absolute Gasteiger partial charge is 0.491 e. The van der Waals surface area contributed by atoms with Gasteiger partial charge in [0.2, 0.25) is 0 Å². The summed E-state index contributed by atoms with van der Waals surface area (Å²) in [5, 5.41) is 0. The predicted octanol–water partition coefficient (Wildman–Crippen LogP) is 2.29. The van der Waals surface area contributed by atoms with Crippen molar-refractivity contribution in [3.8, 4) is 5.75 Å². The molecule has 1 heterocycles. The van der Waals surface area contributed by atoms with Crippen molar-refractivity contribution in [3.05, 3.63) is 29.8 Å². The zero-order valence-electron chi connectivity index (χ0n) is 15.7. The van der Waals surface area contributed by atoms with Gasteiger partial charge in [-0.2, -0.15) is 0 Å². The Balaban J connectivity index is 1.56. The minimum absolute atomic E-state index is 0.352. The maximum absolute atomic E-state index is 5.76. The van der Waals surface area contributed by atoms with Gasteiger partial charge in [-0.1, -0.05) is 26.0 Å². The third-order valence-electron chi connectivity index (χ3n) is 4.77. The van der Waals surface area contributed by atoms with Crippen molar-refractivity contribution >= 4 is 0 Å². The summed E-state index contributed by atoms with van der Waals surface area (Å²) in [6.45, 7) is 14.0. The fourth-order valence-electron chi connectivity index (χ4n) is 3.26. The van der Waals surface area contributed by atoms with Crippen LogP contribution in [0.15, 0.2) is 24.3 Å². The van der Waals surface area contributed by atoms with Gasteiger partial charge in [-0.3, -0.25) is 0 Å². The molecule has 2 rings (SSSR count). The van der Waals surface area contributed by atoms with Crippen molar-refractivity contribution in [1.29, 1.82) is 0 Å². The van der Waals surface area contributed by atoms with Crippen LogP contribution in [0.25, 0.3) is 0 Å². The summed E-state index contributed by atoms with van der Waals surface area (Å²) < 4.78 is 17.2. The molecule has 0 aromatic heterocycles. The van der Waals surface area contributed by atoms with Crippen LogP contribution in [0.1, 0.15) is 45.6 Å². The van der Waals surface area contributed by atoms with E-state index < -0.39 is 0 Å². The molecule has 1 aromatic carbocycles. The molecule has 1 fully saturated rings. The van der Waals surface area contributed by atoms with E-state index in [1.165, 1.54) is 5.56 Å². The highest BCUT2D eigenvalue weighted by Gasteiger charge is 2.24. The monoisotopic (exact) mass is 336 g/mol. The van der Waals surface area contributed by atoms with Crippen LogP contribution in [0.4, 0.5) is 0 Å². The Morgan fingerprint density at radius 2 is 1.75 bits per heavy atom. The molecule has 1 N–H and O–H groups in total. The van der Waals surface area contributed by atoms with Crippen LogP contribution >= 0.6 is 0 Å². The Labute approximate surface area is 147 Å². The maximum Gasteiger partial charge on any atom is 0.119 e. The SMILES string of the molecule is CC[C@H](C)c1ccc(OCCOCC[NH+]2C[C@@H](C)O[C@@H](C)C2)cc1. The third-order valence-corrected chi connectivity index (χ3v) is 4.77. The van der Waals surface area contributed by atoms with Gasteiger partial charge < -0.3 is 19.1 Å². The molecule has 1 unspecified atom stereocenters. The fraction of sp³-hybridized carbons (Fsp3) is 0.700. The maximum atomic E-state index is 5.76. The molecule has 1 saturated heterocycles. The molecule has 1 aliphatic heterocycles. The Kier molecular flexibility index (Phi) is 8.03. The van der Waals surface area contributed by atoms with E-state index in [0.717, 1.165) is 38.4 Å². The highest BCUT2D eigenvalue weighted by Crippen LogP contribution is 2.21. The van der Waals surface area contributed by atoms with E-state index >= 15 is 0 Å². The molecule has 4 nitrogen and oxygen atoms in total. The average molecular weight is 336 g/mol. The average Bonchev–Trinajstić information content (AvgIpc) is 2.57. The number of morpholine rings is 1. The minimum Gasteiger partial charge on any atom is -0.491 e. The van der Waals surface area contributed by atoms with Crippen LogP contribution in [-0.4, -0.2) is 51.7 Å². The summed E-state index contributed by atoms with van der Waals surface area (Å²) in [4.78, 5) is 1.57. The van der Waals surface area contributed by atoms with E-state index in [4.69, 9.17) is 14.2 Å². The highest BCUT2D eigenvalue weighted by atomic mass is 16.5. The first-order valence-corrected chi connectivity index (χ1v) is 9.38. The zero-order chi connectivity index (χ0) is 17.4. The first-order chi connectivity index (χ1) is 11.6. The van der Waals surface area contributed by atoms with E-state index in [0.29, 0.717) is 31.3 Å². The summed E-state index contributed by atoms with van der Waals surface area (Å²) in [7, 11) is 0. The number of quaternary nitrogens is 1. The van der Waals surface area contributed by atoms with E-state index in [1.54, 1.807) is 4.90 Å². The summed E-state index contributed by atoms with van der Waals surface area (Å²) in [6.07, 6.45) is 1.87. The second kappa shape index (κ2) is 10.0. The van der Waals surface area contributed by atoms with Gasteiger partial charge in [-0.05, 0) is 43.9 Å². The molecule has 1 aromatic rings. The van der Waals surface area contributed by atoms with E-state index in [1.807, 2.05) is 0 Å². The smallest absolute Gasteiger partial charge is 0.119 e. The van der Waals surface area contributed by atoms with Crippen LogP contribution in [0.5, 0.6) is 5.75 Å². The molecule has 4 heteroatoms. The second-order valence-electron chi connectivity index (χ2n) is 7.00. The number of nitrogens with one attached hydrogen (secondary N) is 1. The second-order valence-corrected chi connectivity index (χ2v) is 7.00. The Bertz CT molecular complexity index is 452. The molecular weight excluding hydrogens is 302 g/mol. The molecule has 0 aliphatic carbocycles. The number of rotatable bonds is 9. The Morgan fingerprint density at radius 3 is 2.38 bits per heavy atom. The predicted molar refractivity (Wildman–Crippen MR) is 97.0 cm³/mol. The van der Waals surface area contributed by atoms with Crippen LogP contribution < -0.4 is 9.64 Å². The lowest BCUT2D eigenvalue weighted by Crippen LogP contribution is -3.15. The molecule has 0 amide bonds. The summed E-state index contributed by atoms with van der Waals surface area (Å²) in [5.41, 5.74) is 1.37. The molecule has 24 heavy (non-hydrogen) atoms. The standard InChI is InChI=1S/C20H33NO3/c1-5-16(2)19-6-8-20(9-7-19)23-13-12-22-11-10-21-14-17(3)24-18(4)15-21/h6-9,16-18H,5,10-15H2,1-4H3/p+1/t16-,17-,18+/m0/s1. The quantitative estimate of drug-likeness (QED) is 0.702. The van der Waals surface area contributed by atoms with E-state index in [9.17, 15) is 0 Å². The molecule has 0 saturated carbocycles. The number of hydrogen-bond donors (Lipinski definition) is 1. The molecule has 136 valence electrons. The van der Waals surface area contributed by atoms with Crippen molar-refractivity contribution in [1.82, 2.24) is 0 Å². The van der Waals surface area contributed by atoms with Gasteiger partial charge in [-0.15, -0.1) is 0 Å². The van der Waals surface area contributed by atoms with Gasteiger partial charge in [0.05, 0.1) is 13.2 Å². The lowest BCUT2D eigenvalue weighted by atomic mass is 9.99. The molecular formula is C20H34NO3+. The van der Waals surface area contributed by atoms with E-state index in [-0.39, 0.29) is 0 Å². The lowest BCUT2D eigenvalue weighted by Gasteiger charge is -2.32. The van der Waals surface area contributed by atoms with Gasteiger partial charge in [0, 0.05) is 0 Å². The first-order valence-electron chi connectivity index (χ1n) is 9.38. The highest BCUT2D eigenvalue weighted by molar-refractivity contribution is 5.29. The molecule has 0 bridgehead atoms. The van der Waals surface area contributed by atoms with Crippen LogP contribution in [0.3, 0.4) is 0 Å². The van der Waals surface area contributed by atoms with Crippen molar-refractivity contribution in [2.75, 3.05) is 39.5 Å². The Morgan fingerprint density at radius 1 is 1.08 bits per heavy atom. The van der Waals surface area contributed by atoms with Gasteiger partial charge in [-0.25, -0.2) is 0 Å². The lowest BCUT2D eigenvalue weighted by molar-refractivity contribution is -0.915. The summed E-state index contributed by atoms with van der Waals surface area (Å²) in [6, 6.07) is 8.44. The normalized spacial score (nSPS) is 25.4. The van der Waals surface area contributed by atoms with Crippen LogP contribution in [0, 0.1) is 0 Å². The minimum atomic E-state index is 0.352. The fourth-order valence-corrected chi connectivity index (χ4v) is 3.26. The summed E-state index contributed by atoms with van der Waals surface area (Å²) >= 11 is 0. The molecule has 0 spiro atoms. The molecule has 1 aliphatic rings. The van der Waals surface area contributed by atoms with Crippen molar-refractivity contribution < 1.29 is 19.1 Å². The van der Waals surface area contributed by atoms with Gasteiger partial charge in [0.15, 0.2) is 0 Å². The number of benzene rings is 1. The van der Waals surface area contributed by atoms with Crippen molar-refractivity contribution in [2.45, 2.75) is 52.2 Å². The molecule has 0 radical (unpaired) electrons. The van der Waals surface area contributed by atoms with Gasteiger partial charge >= 0.3 is 0 Å². The van der Waals surface area contributed by atoms with Crippen molar-refractivity contribution in [3.63, 3.8) is 0 Å². The van der Waals surface area contributed by atoms with E-state index in [2.05, 4.69) is 52.0 Å². The van der Waals surface area contributed by atoms with Gasteiger partial charge in [0.25, 0.3) is 0 Å². The van der Waals surface area contributed by atoms with Gasteiger partial charge in [0.1, 0.15) is 44.2 Å². The number of ether oxygens (including phenoxy) is 3. The topological polar surface area (TPSA) is 32.1 Å². The Hall–Kier alpha value is -1.10. The number of hydrogen-bond acceptors (Lipinski definition) is 3. The van der Waals surface area contributed by atoms with Crippen LogP contribution in [0.2, 0.25) is 0 Å².